The number of aromatic nitrogens is 3. The molecule has 13 rings (SSSR count). The first-order valence-electron chi connectivity index (χ1n) is 21.8. The first kappa shape index (κ1) is 36.7. The summed E-state index contributed by atoms with van der Waals surface area (Å²) in [6.45, 7) is 0. The molecule has 1 aliphatic carbocycles. The van der Waals surface area contributed by atoms with Gasteiger partial charge in [-0.25, -0.2) is 15.0 Å². The van der Waals surface area contributed by atoms with Gasteiger partial charge in [0.1, 0.15) is 0 Å². The van der Waals surface area contributed by atoms with E-state index in [1.807, 2.05) is 36.0 Å². The Labute approximate surface area is 375 Å². The van der Waals surface area contributed by atoms with Crippen molar-refractivity contribution >= 4 is 33.4 Å². The van der Waals surface area contributed by atoms with Crippen molar-refractivity contribution < 1.29 is 0 Å². The van der Waals surface area contributed by atoms with Crippen molar-refractivity contribution in [1.82, 2.24) is 15.0 Å². The molecule has 0 unspecified atom stereocenters. The molecular weight excluding hydrogens is 795 g/mol. The van der Waals surface area contributed by atoms with E-state index in [0.717, 1.165) is 61.4 Å². The molecule has 0 fully saturated rings. The van der Waals surface area contributed by atoms with E-state index in [-0.39, 0.29) is 0 Å². The van der Waals surface area contributed by atoms with Crippen molar-refractivity contribution in [2.24, 2.45) is 0 Å². The van der Waals surface area contributed by atoms with Gasteiger partial charge < -0.3 is 0 Å². The Kier molecular flexibility index (Phi) is 8.37. The molecule has 3 nitrogen and oxygen atoms in total. The third-order valence-corrected chi connectivity index (χ3v) is 14.4. The van der Waals surface area contributed by atoms with E-state index in [9.17, 15) is 0 Å². The molecule has 1 aliphatic heterocycles. The Morgan fingerprint density at radius 2 is 0.922 bits per heavy atom. The van der Waals surface area contributed by atoms with Crippen LogP contribution in [0.1, 0.15) is 22.3 Å². The predicted octanol–water partition coefficient (Wildman–Crippen LogP) is 15.3. The minimum atomic E-state index is -0.447. The number of hydrogen-bond donors (Lipinski definition) is 0. The third-order valence-electron chi connectivity index (χ3n) is 13.2. The minimum Gasteiger partial charge on any atom is -0.247 e. The summed E-state index contributed by atoms with van der Waals surface area (Å²) >= 11 is 1.90. The molecule has 1 spiro atoms. The number of rotatable bonds is 5. The van der Waals surface area contributed by atoms with E-state index in [0.29, 0.717) is 5.82 Å². The molecular formula is C60H37N3S. The Bertz CT molecular complexity index is 3530. The number of pyridine rings is 1. The molecule has 64 heavy (non-hydrogen) atoms. The lowest BCUT2D eigenvalue weighted by Gasteiger charge is -2.40. The van der Waals surface area contributed by atoms with Crippen LogP contribution in [-0.4, -0.2) is 15.0 Å². The van der Waals surface area contributed by atoms with Crippen LogP contribution in [0.4, 0.5) is 0 Å². The fourth-order valence-electron chi connectivity index (χ4n) is 10.3. The molecule has 0 amide bonds. The van der Waals surface area contributed by atoms with E-state index in [1.54, 1.807) is 0 Å². The largest absolute Gasteiger partial charge is 0.247 e. The fraction of sp³-hybridized carbons (Fsp3) is 0.0167. The molecule has 3 heterocycles. The average Bonchev–Trinajstić information content (AvgIpc) is 3.67. The van der Waals surface area contributed by atoms with Crippen molar-refractivity contribution in [2.45, 2.75) is 15.2 Å². The molecule has 4 heteroatoms. The summed E-state index contributed by atoms with van der Waals surface area (Å²) in [6.07, 6.45) is 0. The monoisotopic (exact) mass is 831 g/mol. The first-order chi connectivity index (χ1) is 31.7. The Morgan fingerprint density at radius 3 is 1.67 bits per heavy atom. The second kappa shape index (κ2) is 14.6. The van der Waals surface area contributed by atoms with Crippen molar-refractivity contribution in [1.29, 1.82) is 0 Å². The highest BCUT2D eigenvalue weighted by Crippen LogP contribution is 2.63. The van der Waals surface area contributed by atoms with Crippen LogP contribution < -0.4 is 0 Å². The quantitative estimate of drug-likeness (QED) is 0.162. The van der Waals surface area contributed by atoms with E-state index >= 15 is 0 Å². The van der Waals surface area contributed by atoms with Crippen LogP contribution in [0.3, 0.4) is 0 Å². The highest BCUT2D eigenvalue weighted by Gasteiger charge is 2.50. The molecule has 0 saturated carbocycles. The number of nitrogens with zero attached hydrogens (tertiary/aromatic N) is 3. The van der Waals surface area contributed by atoms with Crippen LogP contribution in [-0.2, 0) is 5.41 Å². The topological polar surface area (TPSA) is 38.7 Å². The second-order valence-electron chi connectivity index (χ2n) is 16.6. The van der Waals surface area contributed by atoms with Gasteiger partial charge in [-0.1, -0.05) is 212 Å². The van der Waals surface area contributed by atoms with Gasteiger partial charge in [-0.05, 0) is 68.8 Å². The zero-order valence-corrected chi connectivity index (χ0v) is 35.4. The van der Waals surface area contributed by atoms with Gasteiger partial charge in [0, 0.05) is 48.2 Å². The van der Waals surface area contributed by atoms with Crippen molar-refractivity contribution in [3.8, 4) is 67.4 Å². The first-order valence-corrected chi connectivity index (χ1v) is 22.6. The van der Waals surface area contributed by atoms with Crippen LogP contribution in [0.2, 0.25) is 0 Å². The van der Waals surface area contributed by atoms with Gasteiger partial charge in [0.05, 0.1) is 28.0 Å². The molecule has 0 bridgehead atoms. The average molecular weight is 832 g/mol. The zero-order chi connectivity index (χ0) is 42.2. The van der Waals surface area contributed by atoms with Crippen LogP contribution in [0, 0.1) is 0 Å². The Hall–Kier alpha value is -7.92. The van der Waals surface area contributed by atoms with Gasteiger partial charge >= 0.3 is 0 Å². The predicted molar refractivity (Wildman–Crippen MR) is 263 cm³/mol. The van der Waals surface area contributed by atoms with E-state index in [1.165, 1.54) is 53.9 Å². The number of para-hydroxylation sites is 1. The lowest BCUT2D eigenvalue weighted by Crippen LogP contribution is -2.32. The number of benzene rings is 9. The highest BCUT2D eigenvalue weighted by molar-refractivity contribution is 7.99. The van der Waals surface area contributed by atoms with E-state index in [4.69, 9.17) is 15.0 Å². The molecule has 0 saturated heterocycles. The summed E-state index contributed by atoms with van der Waals surface area (Å²) in [7, 11) is 0. The van der Waals surface area contributed by atoms with Crippen LogP contribution >= 0.6 is 11.8 Å². The maximum Gasteiger partial charge on any atom is 0.160 e. The van der Waals surface area contributed by atoms with Crippen molar-refractivity contribution in [3.63, 3.8) is 0 Å². The standard InChI is InChI=1S/C60H37N3S/c1-3-16-39(17-4-1)53-37-54(63-59(62-53)41-18-5-2-6-19-41)43-21-15-20-42(36-43)38-30-32-40(33-31-38)57-47-34-35-51-58(56(47)46-24-9-13-28-52(46)61-57)64-55-29-14-12-27-50(55)60(51)48-25-10-7-22-44(48)45-23-8-11-26-49(45)60/h1-37H. The molecule has 2 aliphatic rings. The summed E-state index contributed by atoms with van der Waals surface area (Å²) in [4.78, 5) is 18.1. The fourth-order valence-corrected chi connectivity index (χ4v) is 11.7. The summed E-state index contributed by atoms with van der Waals surface area (Å²) < 4.78 is 0. The maximum atomic E-state index is 5.43. The summed E-state index contributed by atoms with van der Waals surface area (Å²) in [6, 6.07) is 80.7. The van der Waals surface area contributed by atoms with E-state index in [2.05, 4.69) is 200 Å². The van der Waals surface area contributed by atoms with E-state index < -0.39 is 5.41 Å². The number of hydrogen-bond acceptors (Lipinski definition) is 4. The summed E-state index contributed by atoms with van der Waals surface area (Å²) in [5.41, 5.74) is 17.7. The van der Waals surface area contributed by atoms with Gasteiger partial charge in [-0.15, -0.1) is 0 Å². The van der Waals surface area contributed by atoms with Crippen molar-refractivity contribution in [2.75, 3.05) is 0 Å². The van der Waals surface area contributed by atoms with Gasteiger partial charge in [0.25, 0.3) is 0 Å². The van der Waals surface area contributed by atoms with Gasteiger partial charge in [-0.2, -0.15) is 0 Å². The molecule has 0 atom stereocenters. The van der Waals surface area contributed by atoms with Gasteiger partial charge in [-0.3, -0.25) is 0 Å². The highest BCUT2D eigenvalue weighted by atomic mass is 32.2. The smallest absolute Gasteiger partial charge is 0.160 e. The third kappa shape index (κ3) is 5.59. The molecule has 0 N–H and O–H groups in total. The van der Waals surface area contributed by atoms with Gasteiger partial charge in [0.2, 0.25) is 0 Å². The Balaban J connectivity index is 0.947. The molecule has 11 aromatic rings. The molecule has 2 aromatic heterocycles. The van der Waals surface area contributed by atoms with Crippen LogP contribution in [0.25, 0.3) is 89.1 Å². The number of fused-ring (bicyclic) bond motifs is 13. The molecule has 9 aromatic carbocycles. The van der Waals surface area contributed by atoms with Crippen LogP contribution in [0.5, 0.6) is 0 Å². The minimum absolute atomic E-state index is 0.447. The lowest BCUT2D eigenvalue weighted by molar-refractivity contribution is 0.726. The maximum absolute atomic E-state index is 5.43. The van der Waals surface area contributed by atoms with Crippen LogP contribution in [0.15, 0.2) is 234 Å². The van der Waals surface area contributed by atoms with Gasteiger partial charge in [0.15, 0.2) is 5.82 Å². The normalized spacial score (nSPS) is 13.1. The van der Waals surface area contributed by atoms with Crippen molar-refractivity contribution in [3.05, 3.63) is 247 Å². The molecule has 298 valence electrons. The zero-order valence-electron chi connectivity index (χ0n) is 34.6. The SMILES string of the molecule is c1ccc(-c2cc(-c3cccc(-c4ccc(-c5nc6ccccc6c6c7c(ccc56)C5(c6ccccc6S7)c6ccccc6-c6ccccc65)cc4)c3)nc(-c3ccccc3)n2)cc1. The second-order valence-corrected chi connectivity index (χ2v) is 17.7. The summed E-state index contributed by atoms with van der Waals surface area (Å²) in [5, 5.41) is 3.58. The summed E-state index contributed by atoms with van der Waals surface area (Å²) in [5.74, 6) is 0.707. The Morgan fingerprint density at radius 1 is 0.344 bits per heavy atom. The lowest BCUT2D eigenvalue weighted by atomic mass is 9.67. The molecule has 0 radical (unpaired) electrons.